The van der Waals surface area contributed by atoms with Gasteiger partial charge in [-0.1, -0.05) is 0 Å². The Morgan fingerprint density at radius 1 is 1.22 bits per heavy atom. The van der Waals surface area contributed by atoms with Gasteiger partial charge in [-0.3, -0.25) is 5.84 Å². The molecular weight excluding hydrogens is 114 g/mol. The van der Waals surface area contributed by atoms with Crippen LogP contribution in [0.2, 0.25) is 0 Å². The lowest BCUT2D eigenvalue weighted by Crippen LogP contribution is -2.31. The van der Waals surface area contributed by atoms with Crippen LogP contribution in [-0.2, 0) is 0 Å². The fourth-order valence-electron chi connectivity index (χ4n) is 1.89. The van der Waals surface area contributed by atoms with Crippen molar-refractivity contribution < 1.29 is 0 Å². The summed E-state index contributed by atoms with van der Waals surface area (Å²) in [6.07, 6.45) is 0. The van der Waals surface area contributed by atoms with Crippen molar-refractivity contribution in [2.75, 3.05) is 26.2 Å². The molecule has 52 valence electrons. The highest BCUT2D eigenvalue weighted by atomic mass is 15.4. The van der Waals surface area contributed by atoms with Gasteiger partial charge in [0, 0.05) is 13.1 Å². The van der Waals surface area contributed by atoms with Gasteiger partial charge in [0.25, 0.3) is 0 Å². The van der Waals surface area contributed by atoms with E-state index in [0.717, 1.165) is 24.9 Å². The van der Waals surface area contributed by atoms with Crippen molar-refractivity contribution in [3.05, 3.63) is 0 Å². The molecule has 2 atom stereocenters. The molecule has 2 heterocycles. The van der Waals surface area contributed by atoms with E-state index in [1.807, 2.05) is 5.01 Å². The minimum atomic E-state index is 0.843. The summed E-state index contributed by atoms with van der Waals surface area (Å²) in [5.41, 5.74) is 0. The van der Waals surface area contributed by atoms with Crippen LogP contribution in [-0.4, -0.2) is 31.2 Å². The Kier molecular flexibility index (Phi) is 1.22. The first-order valence-corrected chi connectivity index (χ1v) is 3.56. The van der Waals surface area contributed by atoms with E-state index in [2.05, 4.69) is 5.32 Å². The molecule has 9 heavy (non-hydrogen) atoms. The smallest absolute Gasteiger partial charge is 0.0172 e. The fourth-order valence-corrected chi connectivity index (χ4v) is 1.89. The Bertz CT molecular complexity index is 103. The summed E-state index contributed by atoms with van der Waals surface area (Å²) in [5.74, 6) is 7.32. The van der Waals surface area contributed by atoms with E-state index in [1.54, 1.807) is 0 Å². The molecule has 3 N–H and O–H groups in total. The average Bonchev–Trinajstić information content (AvgIpc) is 2.22. The summed E-state index contributed by atoms with van der Waals surface area (Å²) in [7, 11) is 0. The number of nitrogens with one attached hydrogen (secondary N) is 1. The molecule has 0 unspecified atom stereocenters. The van der Waals surface area contributed by atoms with Crippen LogP contribution in [0.3, 0.4) is 0 Å². The van der Waals surface area contributed by atoms with E-state index in [-0.39, 0.29) is 0 Å². The van der Waals surface area contributed by atoms with Crippen LogP contribution in [0.4, 0.5) is 0 Å². The zero-order valence-electron chi connectivity index (χ0n) is 5.51. The first-order valence-electron chi connectivity index (χ1n) is 3.56. The second kappa shape index (κ2) is 1.94. The third-order valence-corrected chi connectivity index (χ3v) is 2.42. The number of hydrogen-bond donors (Lipinski definition) is 2. The van der Waals surface area contributed by atoms with Crippen LogP contribution in [0, 0.1) is 11.8 Å². The number of nitrogens with two attached hydrogens (primary N) is 1. The SMILES string of the molecule is NN1C[C@H]2CNC[C@H]2C1. The van der Waals surface area contributed by atoms with Crippen LogP contribution < -0.4 is 11.2 Å². The van der Waals surface area contributed by atoms with Crippen LogP contribution in [0.5, 0.6) is 0 Å². The van der Waals surface area contributed by atoms with Gasteiger partial charge in [-0.2, -0.15) is 0 Å². The molecule has 0 saturated carbocycles. The second-order valence-corrected chi connectivity index (χ2v) is 3.13. The predicted octanol–water partition coefficient (Wildman–Crippen LogP) is -0.989. The molecule has 0 aromatic carbocycles. The highest BCUT2D eigenvalue weighted by Crippen LogP contribution is 2.23. The van der Waals surface area contributed by atoms with Gasteiger partial charge >= 0.3 is 0 Å². The summed E-state index contributed by atoms with van der Waals surface area (Å²) < 4.78 is 0. The molecule has 0 radical (unpaired) electrons. The molecular formula is C6H13N3. The van der Waals surface area contributed by atoms with E-state index in [0.29, 0.717) is 0 Å². The normalized spacial score (nSPS) is 43.7. The maximum atomic E-state index is 5.63. The molecule has 3 nitrogen and oxygen atoms in total. The lowest BCUT2D eigenvalue weighted by Gasteiger charge is -2.07. The van der Waals surface area contributed by atoms with Crippen LogP contribution in [0.1, 0.15) is 0 Å². The molecule has 0 bridgehead atoms. The molecule has 2 fully saturated rings. The van der Waals surface area contributed by atoms with Gasteiger partial charge in [0.15, 0.2) is 0 Å². The number of hydrogen-bond acceptors (Lipinski definition) is 3. The Labute approximate surface area is 55.2 Å². The standard InChI is InChI=1S/C6H13N3/c7-9-3-5-1-8-2-6(5)4-9/h5-6,8H,1-4,7H2/t5-,6+. The number of hydrazine groups is 1. The molecule has 0 aromatic heterocycles. The summed E-state index contributed by atoms with van der Waals surface area (Å²) in [6, 6.07) is 0. The zero-order chi connectivity index (χ0) is 6.27. The minimum Gasteiger partial charge on any atom is -0.316 e. The van der Waals surface area contributed by atoms with E-state index in [1.165, 1.54) is 13.1 Å². The third kappa shape index (κ3) is 0.852. The van der Waals surface area contributed by atoms with Crippen molar-refractivity contribution in [1.29, 1.82) is 0 Å². The Morgan fingerprint density at radius 3 is 2.33 bits per heavy atom. The monoisotopic (exact) mass is 127 g/mol. The largest absolute Gasteiger partial charge is 0.316 e. The third-order valence-electron chi connectivity index (χ3n) is 2.42. The van der Waals surface area contributed by atoms with Gasteiger partial charge in [0.05, 0.1) is 0 Å². The molecule has 2 rings (SSSR count). The van der Waals surface area contributed by atoms with Gasteiger partial charge in [-0.15, -0.1) is 0 Å². The predicted molar refractivity (Wildman–Crippen MR) is 35.6 cm³/mol. The minimum absolute atomic E-state index is 0.843. The zero-order valence-corrected chi connectivity index (χ0v) is 5.51. The summed E-state index contributed by atoms with van der Waals surface area (Å²) in [6.45, 7) is 4.55. The van der Waals surface area contributed by atoms with Gasteiger partial charge in [-0.25, -0.2) is 5.01 Å². The summed E-state index contributed by atoms with van der Waals surface area (Å²) >= 11 is 0. The first-order chi connectivity index (χ1) is 4.36. The van der Waals surface area contributed by atoms with E-state index in [4.69, 9.17) is 5.84 Å². The Hall–Kier alpha value is -0.120. The number of rotatable bonds is 0. The molecule has 0 aliphatic carbocycles. The molecule has 3 heteroatoms. The van der Waals surface area contributed by atoms with Crippen LogP contribution in [0.25, 0.3) is 0 Å². The topological polar surface area (TPSA) is 41.3 Å². The Balaban J connectivity index is 2.02. The molecule has 0 spiro atoms. The lowest BCUT2D eigenvalue weighted by molar-refractivity contribution is 0.326. The van der Waals surface area contributed by atoms with E-state index < -0.39 is 0 Å². The van der Waals surface area contributed by atoms with Gasteiger partial charge < -0.3 is 5.32 Å². The van der Waals surface area contributed by atoms with Crippen molar-refractivity contribution in [2.24, 2.45) is 17.7 Å². The van der Waals surface area contributed by atoms with E-state index in [9.17, 15) is 0 Å². The maximum absolute atomic E-state index is 5.63. The van der Waals surface area contributed by atoms with Crippen LogP contribution >= 0.6 is 0 Å². The molecule has 0 aromatic rings. The number of fused-ring (bicyclic) bond motifs is 1. The fraction of sp³-hybridized carbons (Fsp3) is 1.00. The molecule has 0 amide bonds. The van der Waals surface area contributed by atoms with Gasteiger partial charge in [-0.05, 0) is 24.9 Å². The quantitative estimate of drug-likeness (QED) is 0.411. The second-order valence-electron chi connectivity index (χ2n) is 3.13. The highest BCUT2D eigenvalue weighted by Gasteiger charge is 2.34. The maximum Gasteiger partial charge on any atom is 0.0172 e. The van der Waals surface area contributed by atoms with Gasteiger partial charge in [0.1, 0.15) is 0 Å². The van der Waals surface area contributed by atoms with Crippen molar-refractivity contribution in [1.82, 2.24) is 10.3 Å². The lowest BCUT2D eigenvalue weighted by atomic mass is 10.0. The van der Waals surface area contributed by atoms with Crippen molar-refractivity contribution >= 4 is 0 Å². The van der Waals surface area contributed by atoms with E-state index >= 15 is 0 Å². The Morgan fingerprint density at radius 2 is 1.78 bits per heavy atom. The van der Waals surface area contributed by atoms with Crippen molar-refractivity contribution in [3.8, 4) is 0 Å². The van der Waals surface area contributed by atoms with Gasteiger partial charge in [0.2, 0.25) is 0 Å². The molecule has 2 aliphatic rings. The number of nitrogens with zero attached hydrogens (tertiary/aromatic N) is 1. The molecule has 2 saturated heterocycles. The average molecular weight is 127 g/mol. The van der Waals surface area contributed by atoms with Crippen molar-refractivity contribution in [3.63, 3.8) is 0 Å². The summed E-state index contributed by atoms with van der Waals surface area (Å²) in [5, 5.41) is 5.30. The van der Waals surface area contributed by atoms with Crippen LogP contribution in [0.15, 0.2) is 0 Å². The molecule has 2 aliphatic heterocycles. The first kappa shape index (κ1) is 5.65. The summed E-state index contributed by atoms with van der Waals surface area (Å²) in [4.78, 5) is 0. The van der Waals surface area contributed by atoms with Crippen molar-refractivity contribution in [2.45, 2.75) is 0 Å². The highest BCUT2D eigenvalue weighted by molar-refractivity contribution is 4.89.